The van der Waals surface area contributed by atoms with E-state index in [0.29, 0.717) is 0 Å². The third-order valence-electron chi connectivity index (χ3n) is 2.11. The van der Waals surface area contributed by atoms with Gasteiger partial charge in [0.15, 0.2) is 0 Å². The molecule has 0 aliphatic carbocycles. The normalized spacial score (nSPS) is 18.8. The summed E-state index contributed by atoms with van der Waals surface area (Å²) < 4.78 is 32.1. The topological polar surface area (TPSA) is 93.2 Å². The fourth-order valence-electron chi connectivity index (χ4n) is 1.35. The van der Waals surface area contributed by atoms with Crippen LogP contribution in [-0.2, 0) is 18.6 Å². The Labute approximate surface area is 120 Å². The van der Waals surface area contributed by atoms with Crippen LogP contribution in [0.3, 0.4) is 0 Å². The molecule has 105 valence electrons. The van der Waals surface area contributed by atoms with E-state index in [1.165, 1.54) is 0 Å². The number of rotatable bonds is 3. The van der Waals surface area contributed by atoms with Crippen LogP contribution in [-0.4, -0.2) is 54.2 Å². The third-order valence-corrected chi connectivity index (χ3v) is 5.45. The summed E-state index contributed by atoms with van der Waals surface area (Å²) in [5, 5.41) is 0. The molecule has 0 aromatic heterocycles. The SMILES string of the molecule is O=C1OCCN1P(=O)(Cl)N1CCOC1=O.O=P[B]Cl. The van der Waals surface area contributed by atoms with Crippen molar-refractivity contribution in [2.75, 3.05) is 26.3 Å². The first-order chi connectivity index (χ1) is 8.95. The van der Waals surface area contributed by atoms with E-state index in [-0.39, 0.29) is 34.6 Å². The van der Waals surface area contributed by atoms with Gasteiger partial charge in [0, 0.05) is 0 Å². The summed E-state index contributed by atoms with van der Waals surface area (Å²) in [4.78, 5) is 22.3. The van der Waals surface area contributed by atoms with Crippen molar-refractivity contribution in [2.45, 2.75) is 0 Å². The van der Waals surface area contributed by atoms with E-state index in [9.17, 15) is 14.2 Å². The van der Waals surface area contributed by atoms with Crippen LogP contribution in [0, 0.1) is 0 Å². The Balaban J connectivity index is 0.000000399. The molecule has 8 nitrogen and oxygen atoms in total. The van der Waals surface area contributed by atoms with Crippen LogP contribution in [0.1, 0.15) is 0 Å². The maximum Gasteiger partial charge on any atom is 0.417 e. The number of ether oxygens (including phenoxy) is 2. The average molecular weight is 348 g/mol. The van der Waals surface area contributed by atoms with Crippen LogP contribution < -0.4 is 0 Å². The number of hydrogen-bond donors (Lipinski definition) is 0. The molecule has 0 atom stereocenters. The molecule has 2 aliphatic heterocycles. The van der Waals surface area contributed by atoms with Gasteiger partial charge in [-0.3, -0.25) is 9.13 Å². The van der Waals surface area contributed by atoms with Crippen molar-refractivity contribution in [2.24, 2.45) is 0 Å². The lowest BCUT2D eigenvalue weighted by molar-refractivity contribution is 0.166. The van der Waals surface area contributed by atoms with Crippen molar-refractivity contribution in [1.29, 1.82) is 0 Å². The summed E-state index contributed by atoms with van der Waals surface area (Å²) in [6, 6.07) is 0. The van der Waals surface area contributed by atoms with Gasteiger partial charge in [-0.25, -0.2) is 18.9 Å². The Morgan fingerprint density at radius 3 is 1.74 bits per heavy atom. The molecule has 13 heteroatoms. The lowest BCUT2D eigenvalue weighted by Crippen LogP contribution is -2.30. The highest BCUT2D eigenvalue weighted by Gasteiger charge is 2.47. The molecular formula is C6H8BCl2N2O6P2. The molecule has 0 spiro atoms. The van der Waals surface area contributed by atoms with E-state index < -0.39 is 19.0 Å². The molecule has 1 radical (unpaired) electrons. The lowest BCUT2D eigenvalue weighted by Gasteiger charge is -2.25. The van der Waals surface area contributed by atoms with Crippen LogP contribution in [0.5, 0.6) is 0 Å². The largest absolute Gasteiger partial charge is 0.447 e. The Morgan fingerprint density at radius 1 is 1.16 bits per heavy atom. The predicted octanol–water partition coefficient (Wildman–Crippen LogP) is 2.29. The molecule has 0 aromatic rings. The van der Waals surface area contributed by atoms with Crippen LogP contribution in [0.15, 0.2) is 0 Å². The van der Waals surface area contributed by atoms with Crippen molar-refractivity contribution in [1.82, 2.24) is 9.34 Å². The predicted molar refractivity (Wildman–Crippen MR) is 68.8 cm³/mol. The quantitative estimate of drug-likeness (QED) is 0.574. The number of nitrogens with zero attached hydrogens (tertiary/aromatic N) is 2. The van der Waals surface area contributed by atoms with Crippen LogP contribution in [0.4, 0.5) is 9.59 Å². The van der Waals surface area contributed by atoms with Gasteiger partial charge >= 0.3 is 25.4 Å². The number of carbonyl (C=O) groups excluding carboxylic acids is 2. The molecule has 0 N–H and O–H groups in total. The summed E-state index contributed by atoms with van der Waals surface area (Å²) in [5.41, 5.74) is 0. The maximum atomic E-state index is 12.1. The van der Waals surface area contributed by atoms with Crippen molar-refractivity contribution < 1.29 is 28.2 Å². The molecule has 2 rings (SSSR count). The zero-order chi connectivity index (χ0) is 14.5. The van der Waals surface area contributed by atoms with Gasteiger partial charge in [-0.15, -0.1) is 0 Å². The van der Waals surface area contributed by atoms with E-state index in [0.717, 1.165) is 15.8 Å². The lowest BCUT2D eigenvalue weighted by atomic mass is 10.7. The van der Waals surface area contributed by atoms with E-state index >= 15 is 0 Å². The van der Waals surface area contributed by atoms with Gasteiger partial charge in [-0.1, -0.05) is 0 Å². The molecule has 0 unspecified atom stereocenters. The van der Waals surface area contributed by atoms with Crippen molar-refractivity contribution >= 4 is 56.4 Å². The van der Waals surface area contributed by atoms with Crippen LogP contribution >= 0.6 is 37.8 Å². The number of amides is 2. The molecule has 0 saturated carbocycles. The monoisotopic (exact) mass is 347 g/mol. The summed E-state index contributed by atoms with van der Waals surface area (Å²) in [6.07, 6.45) is -0.527. The summed E-state index contributed by atoms with van der Waals surface area (Å²) >= 11 is 10.5. The first-order valence-corrected chi connectivity index (χ1v) is 8.72. The number of halogens is 2. The second kappa shape index (κ2) is 7.34. The van der Waals surface area contributed by atoms with Crippen LogP contribution in [0.25, 0.3) is 0 Å². The van der Waals surface area contributed by atoms with Gasteiger partial charge in [0.1, 0.15) is 21.6 Å². The molecule has 0 bridgehead atoms. The Morgan fingerprint density at radius 2 is 1.53 bits per heavy atom. The van der Waals surface area contributed by atoms with Crippen LogP contribution in [0.2, 0.25) is 0 Å². The van der Waals surface area contributed by atoms with E-state index in [4.69, 9.17) is 27.3 Å². The molecule has 2 fully saturated rings. The molecule has 2 saturated heterocycles. The van der Waals surface area contributed by atoms with Crippen molar-refractivity contribution in [3.05, 3.63) is 0 Å². The van der Waals surface area contributed by atoms with E-state index in [2.05, 4.69) is 9.47 Å². The smallest absolute Gasteiger partial charge is 0.417 e. The molecule has 2 amide bonds. The van der Waals surface area contributed by atoms with Gasteiger partial charge in [-0.2, -0.15) is 11.5 Å². The Bertz CT molecular complexity index is 397. The minimum atomic E-state index is -3.71. The summed E-state index contributed by atoms with van der Waals surface area (Å²) in [5.74, 6) is 0. The number of cyclic esters (lactones) is 2. The molecule has 19 heavy (non-hydrogen) atoms. The van der Waals surface area contributed by atoms with Gasteiger partial charge < -0.3 is 9.47 Å². The first-order valence-electron chi connectivity index (χ1n) is 4.88. The van der Waals surface area contributed by atoms with Gasteiger partial charge in [-0.05, 0) is 11.2 Å². The fourth-order valence-corrected chi connectivity index (χ4v) is 3.61. The Kier molecular flexibility index (Phi) is 6.40. The van der Waals surface area contributed by atoms with Gasteiger partial charge in [0.25, 0.3) is 0 Å². The number of hydrogen-bond acceptors (Lipinski definition) is 6. The van der Waals surface area contributed by atoms with Gasteiger partial charge in [0.2, 0.25) is 0 Å². The first kappa shape index (κ1) is 16.6. The highest BCUT2D eigenvalue weighted by Crippen LogP contribution is 2.59. The molecule has 2 aliphatic rings. The van der Waals surface area contributed by atoms with E-state index in [1.54, 1.807) is 0 Å². The minimum absolute atomic E-state index is 0.111. The zero-order valence-corrected chi connectivity index (χ0v) is 12.7. The number of carbonyl (C=O) groups is 2. The summed E-state index contributed by atoms with van der Waals surface area (Å²) in [6.45, 7) is -3.23. The fraction of sp³-hybridized carbons (Fsp3) is 0.667. The maximum absolute atomic E-state index is 12.1. The Hall–Kier alpha value is -0.485. The molecule has 0 aromatic carbocycles. The highest BCUT2D eigenvalue weighted by atomic mass is 35.7. The van der Waals surface area contributed by atoms with Crippen molar-refractivity contribution in [3.63, 3.8) is 0 Å². The summed E-state index contributed by atoms with van der Waals surface area (Å²) in [7, 11) is -0.111. The average Bonchev–Trinajstić information content (AvgIpc) is 2.98. The van der Waals surface area contributed by atoms with Crippen molar-refractivity contribution in [3.8, 4) is 0 Å². The van der Waals surface area contributed by atoms with Gasteiger partial charge in [0.05, 0.1) is 13.1 Å². The zero-order valence-electron chi connectivity index (χ0n) is 9.40. The second-order valence-corrected chi connectivity index (χ2v) is 7.38. The van der Waals surface area contributed by atoms with E-state index in [1.807, 2.05) is 0 Å². The third kappa shape index (κ3) is 3.99. The molecular weight excluding hydrogens is 340 g/mol. The minimum Gasteiger partial charge on any atom is -0.447 e. The second-order valence-electron chi connectivity index (χ2n) is 3.15. The molecule has 2 heterocycles. The standard InChI is InChI=1S/C6H8ClN2O5P.BClOP/c7-15(12,8-1-3-13-5(8)10)9-2-4-14-6(9)11;2-1-4-3/h1-4H2;. The highest BCUT2D eigenvalue weighted by molar-refractivity contribution is 7.86.